The highest BCUT2D eigenvalue weighted by Gasteiger charge is 2.41. The van der Waals surface area contributed by atoms with Crippen molar-refractivity contribution in [1.82, 2.24) is 30.4 Å². The van der Waals surface area contributed by atoms with Crippen molar-refractivity contribution >= 4 is 45.3 Å². The number of amides is 3. The largest absolute Gasteiger partial charge is 0.391 e. The SMILES string of the molecule is CC[C@@H](CC(=O)[C@H](C)NC)C(=O)N1C[C@@H](O)C[C@H]1Cc1c(-c2[nH]c3cc(F)ccc3c2C[C@@H]2C[C@H](O)CN2C(=O)[C@H](CC)NC(=O)[C@H](C)CC)[nH]c2cc(F)ccc12. The number of aromatic nitrogens is 2. The molecule has 0 saturated carbocycles. The molecule has 0 radical (unpaired) electrons. The maximum Gasteiger partial charge on any atom is 0.245 e. The zero-order chi connectivity index (χ0) is 42.0. The van der Waals surface area contributed by atoms with Gasteiger partial charge in [0.05, 0.1) is 29.6 Å². The number of hydrogen-bond donors (Lipinski definition) is 6. The number of ketones is 1. The van der Waals surface area contributed by atoms with Gasteiger partial charge in [0, 0.05) is 65.2 Å². The van der Waals surface area contributed by atoms with Gasteiger partial charge in [0.2, 0.25) is 17.7 Å². The molecule has 2 aliphatic rings. The molecule has 6 rings (SSSR count). The van der Waals surface area contributed by atoms with Crippen molar-refractivity contribution in [3.8, 4) is 11.4 Å². The monoisotopic (exact) mass is 804 g/mol. The maximum atomic E-state index is 14.8. The molecule has 314 valence electrons. The van der Waals surface area contributed by atoms with Gasteiger partial charge >= 0.3 is 0 Å². The van der Waals surface area contributed by atoms with Crippen LogP contribution in [0.1, 0.15) is 84.3 Å². The van der Waals surface area contributed by atoms with Gasteiger partial charge in [-0.2, -0.15) is 0 Å². The number of nitrogens with one attached hydrogen (secondary N) is 4. The third-order valence-corrected chi connectivity index (χ3v) is 12.5. The van der Waals surface area contributed by atoms with E-state index in [1.165, 1.54) is 24.3 Å². The molecule has 4 aromatic rings. The zero-order valence-corrected chi connectivity index (χ0v) is 34.3. The Bertz CT molecular complexity index is 2000. The Morgan fingerprint density at radius 2 is 1.28 bits per heavy atom. The summed E-state index contributed by atoms with van der Waals surface area (Å²) in [6, 6.07) is 6.78. The van der Waals surface area contributed by atoms with Gasteiger partial charge < -0.3 is 40.6 Å². The molecule has 2 saturated heterocycles. The maximum absolute atomic E-state index is 14.8. The molecule has 0 unspecified atom stereocenters. The lowest BCUT2D eigenvalue weighted by Crippen LogP contribution is -2.51. The van der Waals surface area contributed by atoms with Crippen LogP contribution >= 0.6 is 0 Å². The number of carbonyl (C=O) groups is 4. The Labute approximate surface area is 338 Å². The molecule has 6 N–H and O–H groups in total. The highest BCUT2D eigenvalue weighted by Crippen LogP contribution is 2.40. The van der Waals surface area contributed by atoms with Crippen LogP contribution in [0.5, 0.6) is 0 Å². The summed E-state index contributed by atoms with van der Waals surface area (Å²) >= 11 is 0. The van der Waals surface area contributed by atoms with Crippen LogP contribution in [0.2, 0.25) is 0 Å². The van der Waals surface area contributed by atoms with E-state index in [1.54, 1.807) is 35.9 Å². The molecular formula is C44H58F2N6O6. The van der Waals surface area contributed by atoms with E-state index in [9.17, 15) is 38.2 Å². The first-order chi connectivity index (χ1) is 27.7. The van der Waals surface area contributed by atoms with Crippen LogP contribution in [0.15, 0.2) is 36.4 Å². The zero-order valence-electron chi connectivity index (χ0n) is 34.3. The number of benzene rings is 2. The molecule has 14 heteroatoms. The number of nitrogens with zero attached hydrogens (tertiary/aromatic N) is 2. The number of halogens is 2. The van der Waals surface area contributed by atoms with Crippen molar-refractivity contribution in [3.63, 3.8) is 0 Å². The molecule has 2 fully saturated rings. The van der Waals surface area contributed by atoms with E-state index in [4.69, 9.17) is 0 Å². The number of aliphatic hydroxyl groups is 2. The van der Waals surface area contributed by atoms with Gasteiger partial charge in [-0.25, -0.2) is 8.78 Å². The predicted molar refractivity (Wildman–Crippen MR) is 219 cm³/mol. The van der Waals surface area contributed by atoms with Crippen LogP contribution in [-0.4, -0.2) is 110 Å². The number of H-pyrrole nitrogens is 2. The average Bonchev–Trinajstić information content (AvgIpc) is 3.96. The number of likely N-dealkylation sites (N-methyl/N-ethyl adjacent to an activating group) is 1. The van der Waals surface area contributed by atoms with Crippen molar-refractivity contribution in [2.24, 2.45) is 11.8 Å². The highest BCUT2D eigenvalue weighted by molar-refractivity contribution is 5.97. The fourth-order valence-corrected chi connectivity index (χ4v) is 8.75. The lowest BCUT2D eigenvalue weighted by atomic mass is 9.93. The number of β-amino-alcohol motifs (C(OH)–C–C–N with tert-alkyl or cyclic N) is 2. The van der Waals surface area contributed by atoms with Crippen LogP contribution in [0.25, 0.3) is 33.2 Å². The Balaban J connectivity index is 1.40. The smallest absolute Gasteiger partial charge is 0.245 e. The second-order valence-electron chi connectivity index (χ2n) is 16.4. The molecular weight excluding hydrogens is 747 g/mol. The summed E-state index contributed by atoms with van der Waals surface area (Å²) < 4.78 is 29.6. The number of fused-ring (bicyclic) bond motifs is 2. The molecule has 3 amide bonds. The number of aliphatic hydroxyl groups excluding tert-OH is 2. The number of aromatic amines is 2. The van der Waals surface area contributed by atoms with Gasteiger partial charge in [0.15, 0.2) is 0 Å². The van der Waals surface area contributed by atoms with Crippen molar-refractivity contribution in [1.29, 1.82) is 0 Å². The minimum Gasteiger partial charge on any atom is -0.391 e. The van der Waals surface area contributed by atoms with Crippen LogP contribution < -0.4 is 10.6 Å². The number of rotatable bonds is 16. The molecule has 0 aliphatic carbocycles. The van der Waals surface area contributed by atoms with Gasteiger partial charge in [-0.05, 0) is 106 Å². The van der Waals surface area contributed by atoms with Crippen LogP contribution in [0, 0.1) is 23.5 Å². The van der Waals surface area contributed by atoms with Crippen molar-refractivity contribution < 1.29 is 38.2 Å². The van der Waals surface area contributed by atoms with Crippen LogP contribution in [0.4, 0.5) is 8.78 Å². The quantitative estimate of drug-likeness (QED) is 0.0912. The summed E-state index contributed by atoms with van der Waals surface area (Å²) in [6.45, 7) is 9.39. The summed E-state index contributed by atoms with van der Waals surface area (Å²) in [6.07, 6.45) is 1.07. The van der Waals surface area contributed by atoms with Gasteiger partial charge in [-0.3, -0.25) is 19.2 Å². The first-order valence-corrected chi connectivity index (χ1v) is 20.8. The second kappa shape index (κ2) is 18.1. The third-order valence-electron chi connectivity index (χ3n) is 12.5. The summed E-state index contributed by atoms with van der Waals surface area (Å²) in [5.74, 6) is -2.51. The average molecular weight is 805 g/mol. The number of Topliss-reactive ketones (excluding diaryl/α,β-unsaturated/α-hetero) is 1. The van der Waals surface area contributed by atoms with Gasteiger partial charge in [-0.1, -0.05) is 27.7 Å². The summed E-state index contributed by atoms with van der Waals surface area (Å²) in [7, 11) is 1.70. The van der Waals surface area contributed by atoms with E-state index >= 15 is 0 Å². The van der Waals surface area contributed by atoms with E-state index < -0.39 is 53.9 Å². The van der Waals surface area contributed by atoms with E-state index in [2.05, 4.69) is 20.6 Å². The molecule has 4 heterocycles. The minimum atomic E-state index is -0.796. The summed E-state index contributed by atoms with van der Waals surface area (Å²) in [5, 5.41) is 29.2. The van der Waals surface area contributed by atoms with Gasteiger partial charge in [-0.15, -0.1) is 0 Å². The number of hydrogen-bond acceptors (Lipinski definition) is 7. The van der Waals surface area contributed by atoms with Crippen LogP contribution in [-0.2, 0) is 32.0 Å². The van der Waals surface area contributed by atoms with E-state index in [0.717, 1.165) is 11.1 Å². The van der Waals surface area contributed by atoms with E-state index in [1.807, 2.05) is 27.7 Å². The highest BCUT2D eigenvalue weighted by atomic mass is 19.1. The van der Waals surface area contributed by atoms with Gasteiger partial charge in [0.25, 0.3) is 0 Å². The van der Waals surface area contributed by atoms with E-state index in [0.29, 0.717) is 58.9 Å². The molecule has 2 aliphatic heterocycles. The predicted octanol–water partition coefficient (Wildman–Crippen LogP) is 5.14. The minimum absolute atomic E-state index is 0.0705. The Morgan fingerprint density at radius 3 is 1.72 bits per heavy atom. The fraction of sp³-hybridized carbons (Fsp3) is 0.545. The molecule has 2 aromatic heterocycles. The lowest BCUT2D eigenvalue weighted by Gasteiger charge is -2.30. The Hall–Kier alpha value is -4.66. The topological polar surface area (TPSA) is 171 Å². The molecule has 2 aromatic carbocycles. The van der Waals surface area contributed by atoms with Crippen LogP contribution in [0.3, 0.4) is 0 Å². The first kappa shape index (κ1) is 42.9. The molecule has 12 nitrogen and oxygen atoms in total. The second-order valence-corrected chi connectivity index (χ2v) is 16.4. The first-order valence-electron chi connectivity index (χ1n) is 20.8. The fourth-order valence-electron chi connectivity index (χ4n) is 8.75. The lowest BCUT2D eigenvalue weighted by molar-refractivity contribution is -0.139. The Morgan fingerprint density at radius 1 is 0.776 bits per heavy atom. The number of likely N-dealkylation sites (tertiary alicyclic amines) is 2. The van der Waals surface area contributed by atoms with Gasteiger partial charge in [0.1, 0.15) is 23.5 Å². The molecule has 8 atom stereocenters. The molecule has 58 heavy (non-hydrogen) atoms. The standard InChI is InChI=1S/C44H58F2N6O6/c1-7-23(4)42(56)50-36(9-3)44(58)52-22-31(54)18-29(52)20-35-33-13-11-27(46)16-38(33)49-41(35)40-34(32-12-10-26(45)15-37(32)48-40)19-28-17-30(53)21-51(28)43(57)25(8-2)14-39(55)24(5)47-6/h10-13,15-16,23-25,28-31,36,47-49,53-54H,7-9,14,17-22H2,1-6H3,(H,50,56)/t23-,24+,25+,28+,29+,30+,31+,36+/m1/s1. The molecule has 0 bridgehead atoms. The summed E-state index contributed by atoms with van der Waals surface area (Å²) in [4.78, 5) is 64.1. The third kappa shape index (κ3) is 8.84. The van der Waals surface area contributed by atoms with E-state index in [-0.39, 0.29) is 68.2 Å². The van der Waals surface area contributed by atoms with Crippen molar-refractivity contribution in [2.75, 3.05) is 20.1 Å². The van der Waals surface area contributed by atoms with Crippen molar-refractivity contribution in [3.05, 3.63) is 59.2 Å². The number of carbonyl (C=O) groups excluding carboxylic acids is 4. The Kier molecular flexibility index (Phi) is 13.4. The molecule has 0 spiro atoms. The summed E-state index contributed by atoms with van der Waals surface area (Å²) in [5.41, 5.74) is 3.70. The normalized spacial score (nSPS) is 21.8. The van der Waals surface area contributed by atoms with Crippen molar-refractivity contribution in [2.45, 2.75) is 122 Å².